The van der Waals surface area contributed by atoms with Gasteiger partial charge in [0.2, 0.25) is 0 Å². The van der Waals surface area contributed by atoms with Crippen molar-refractivity contribution in [2.45, 2.75) is 70.9 Å². The van der Waals surface area contributed by atoms with Crippen LogP contribution in [0.3, 0.4) is 0 Å². The zero-order valence-corrected chi connectivity index (χ0v) is 13.6. The fourth-order valence-corrected chi connectivity index (χ4v) is 3.78. The normalized spacial score (nSPS) is 27.9. The van der Waals surface area contributed by atoms with Crippen molar-refractivity contribution in [3.05, 3.63) is 0 Å². The van der Waals surface area contributed by atoms with E-state index in [0.717, 1.165) is 51.0 Å². The predicted molar refractivity (Wildman–Crippen MR) is 83.0 cm³/mol. The van der Waals surface area contributed by atoms with Gasteiger partial charge in [-0.3, -0.25) is 0 Å². The van der Waals surface area contributed by atoms with Crippen molar-refractivity contribution in [2.75, 3.05) is 26.4 Å². The van der Waals surface area contributed by atoms with E-state index >= 15 is 0 Å². The largest absolute Gasteiger partial charge is 0.381 e. The van der Waals surface area contributed by atoms with Gasteiger partial charge in [-0.1, -0.05) is 20.8 Å². The Morgan fingerprint density at radius 1 is 1.15 bits per heavy atom. The van der Waals surface area contributed by atoms with Crippen LogP contribution in [0.25, 0.3) is 0 Å². The van der Waals surface area contributed by atoms with E-state index in [1.165, 1.54) is 25.7 Å². The minimum Gasteiger partial charge on any atom is -0.381 e. The Labute approximate surface area is 124 Å². The van der Waals surface area contributed by atoms with E-state index in [0.29, 0.717) is 6.04 Å². The van der Waals surface area contributed by atoms with Gasteiger partial charge in [0.15, 0.2) is 0 Å². The molecule has 2 aliphatic rings. The molecule has 2 unspecified atom stereocenters. The summed E-state index contributed by atoms with van der Waals surface area (Å²) in [5, 5.41) is 3.74. The van der Waals surface area contributed by atoms with Crippen LogP contribution < -0.4 is 5.32 Å². The van der Waals surface area contributed by atoms with Crippen molar-refractivity contribution in [3.63, 3.8) is 0 Å². The van der Waals surface area contributed by atoms with Crippen LogP contribution in [-0.4, -0.2) is 38.0 Å². The van der Waals surface area contributed by atoms with E-state index in [9.17, 15) is 0 Å². The summed E-state index contributed by atoms with van der Waals surface area (Å²) in [5.41, 5.74) is 0.132. The van der Waals surface area contributed by atoms with Crippen LogP contribution in [0.5, 0.6) is 0 Å². The van der Waals surface area contributed by atoms with Crippen LogP contribution in [0.2, 0.25) is 0 Å². The predicted octanol–water partition coefficient (Wildman–Crippen LogP) is 3.38. The molecule has 2 aliphatic heterocycles. The van der Waals surface area contributed by atoms with Crippen molar-refractivity contribution in [1.82, 2.24) is 5.32 Å². The summed E-state index contributed by atoms with van der Waals surface area (Å²) in [7, 11) is 0. The van der Waals surface area contributed by atoms with Gasteiger partial charge in [-0.05, 0) is 56.9 Å². The summed E-state index contributed by atoms with van der Waals surface area (Å²) in [6.45, 7) is 10.7. The molecule has 1 N–H and O–H groups in total. The average Bonchev–Trinajstić information content (AvgIpc) is 2.44. The number of hydrogen-bond acceptors (Lipinski definition) is 3. The van der Waals surface area contributed by atoms with Crippen LogP contribution in [0.1, 0.15) is 59.3 Å². The maximum atomic E-state index is 6.18. The second-order valence-corrected chi connectivity index (χ2v) is 7.03. The molecular weight excluding hydrogens is 250 g/mol. The molecular formula is C17H33NO2. The van der Waals surface area contributed by atoms with Crippen LogP contribution in [-0.2, 0) is 9.47 Å². The first kappa shape index (κ1) is 16.3. The lowest BCUT2D eigenvalue weighted by molar-refractivity contribution is -0.150. The van der Waals surface area contributed by atoms with Crippen LogP contribution in [0.15, 0.2) is 0 Å². The molecule has 118 valence electrons. The maximum Gasteiger partial charge on any atom is 0.0729 e. The van der Waals surface area contributed by atoms with Gasteiger partial charge in [0.1, 0.15) is 0 Å². The highest BCUT2D eigenvalue weighted by atomic mass is 16.5. The first-order chi connectivity index (χ1) is 9.65. The zero-order chi connectivity index (χ0) is 14.4. The molecule has 2 atom stereocenters. The molecule has 2 fully saturated rings. The fraction of sp³-hybridized carbons (Fsp3) is 1.00. The first-order valence-electron chi connectivity index (χ1n) is 8.60. The van der Waals surface area contributed by atoms with Gasteiger partial charge < -0.3 is 14.8 Å². The summed E-state index contributed by atoms with van der Waals surface area (Å²) in [5.74, 6) is 1.58. The highest BCUT2D eigenvalue weighted by molar-refractivity contribution is 4.92. The van der Waals surface area contributed by atoms with Gasteiger partial charge in [0.05, 0.1) is 5.60 Å². The highest BCUT2D eigenvalue weighted by Gasteiger charge is 2.40. The van der Waals surface area contributed by atoms with Crippen molar-refractivity contribution >= 4 is 0 Å². The monoisotopic (exact) mass is 283 g/mol. The first-order valence-corrected chi connectivity index (χ1v) is 8.60. The smallest absolute Gasteiger partial charge is 0.0729 e. The standard InChI is InChI=1S/C17H33NO2/c1-4-18-16(6-5-14(2)3)15-7-10-20-17(13-15)8-11-19-12-9-17/h14-16,18H,4-13H2,1-3H3. The Kier molecular flexibility index (Phi) is 6.31. The lowest BCUT2D eigenvalue weighted by atomic mass is 9.76. The maximum absolute atomic E-state index is 6.18. The Morgan fingerprint density at radius 2 is 1.90 bits per heavy atom. The van der Waals surface area contributed by atoms with Crippen molar-refractivity contribution < 1.29 is 9.47 Å². The third kappa shape index (κ3) is 4.44. The number of nitrogens with one attached hydrogen (secondary N) is 1. The number of ether oxygens (including phenoxy) is 2. The van der Waals surface area contributed by atoms with E-state index in [1.54, 1.807) is 0 Å². The summed E-state index contributed by atoms with van der Waals surface area (Å²) >= 11 is 0. The number of hydrogen-bond donors (Lipinski definition) is 1. The summed E-state index contributed by atoms with van der Waals surface area (Å²) in [4.78, 5) is 0. The molecule has 2 saturated heterocycles. The molecule has 0 radical (unpaired) electrons. The molecule has 0 saturated carbocycles. The van der Waals surface area contributed by atoms with Crippen LogP contribution in [0.4, 0.5) is 0 Å². The van der Waals surface area contributed by atoms with Crippen molar-refractivity contribution in [1.29, 1.82) is 0 Å². The van der Waals surface area contributed by atoms with E-state index in [1.807, 2.05) is 0 Å². The van der Waals surface area contributed by atoms with Gasteiger partial charge in [-0.15, -0.1) is 0 Å². The second-order valence-electron chi connectivity index (χ2n) is 7.03. The SMILES string of the molecule is CCNC(CCC(C)C)C1CCOC2(CCOCC2)C1. The third-order valence-corrected chi connectivity index (χ3v) is 5.03. The molecule has 20 heavy (non-hydrogen) atoms. The summed E-state index contributed by atoms with van der Waals surface area (Å²) in [6, 6.07) is 0.672. The molecule has 0 aromatic rings. The van der Waals surface area contributed by atoms with Crippen molar-refractivity contribution in [3.8, 4) is 0 Å². The summed E-state index contributed by atoms with van der Waals surface area (Å²) < 4.78 is 11.7. The minimum absolute atomic E-state index is 0.132. The molecule has 2 heterocycles. The minimum atomic E-state index is 0.132. The van der Waals surface area contributed by atoms with Gasteiger partial charge >= 0.3 is 0 Å². The zero-order valence-electron chi connectivity index (χ0n) is 13.6. The lowest BCUT2D eigenvalue weighted by Gasteiger charge is -2.45. The van der Waals surface area contributed by atoms with E-state index < -0.39 is 0 Å². The Hall–Kier alpha value is -0.120. The molecule has 3 nitrogen and oxygen atoms in total. The van der Waals surface area contributed by atoms with Gasteiger partial charge in [-0.25, -0.2) is 0 Å². The van der Waals surface area contributed by atoms with E-state index in [4.69, 9.17) is 9.47 Å². The average molecular weight is 283 g/mol. The molecule has 0 bridgehead atoms. The topological polar surface area (TPSA) is 30.5 Å². The van der Waals surface area contributed by atoms with Crippen LogP contribution >= 0.6 is 0 Å². The molecule has 0 aliphatic carbocycles. The fourth-order valence-electron chi connectivity index (χ4n) is 3.78. The highest BCUT2D eigenvalue weighted by Crippen LogP contribution is 2.39. The van der Waals surface area contributed by atoms with E-state index in [-0.39, 0.29) is 5.60 Å². The molecule has 1 spiro atoms. The number of rotatable bonds is 6. The Morgan fingerprint density at radius 3 is 2.55 bits per heavy atom. The lowest BCUT2D eigenvalue weighted by Crippen LogP contribution is -2.49. The van der Waals surface area contributed by atoms with Gasteiger partial charge in [0.25, 0.3) is 0 Å². The Bertz CT molecular complexity index is 269. The molecule has 0 amide bonds. The van der Waals surface area contributed by atoms with Crippen LogP contribution in [0, 0.1) is 11.8 Å². The molecule has 2 rings (SSSR count). The third-order valence-electron chi connectivity index (χ3n) is 5.03. The van der Waals surface area contributed by atoms with E-state index in [2.05, 4.69) is 26.1 Å². The molecule has 0 aromatic carbocycles. The molecule has 0 aromatic heterocycles. The van der Waals surface area contributed by atoms with Gasteiger partial charge in [0, 0.05) is 25.9 Å². The van der Waals surface area contributed by atoms with Crippen molar-refractivity contribution in [2.24, 2.45) is 11.8 Å². The Balaban J connectivity index is 1.93. The molecule has 3 heteroatoms. The quantitative estimate of drug-likeness (QED) is 0.810. The summed E-state index contributed by atoms with van der Waals surface area (Å²) in [6.07, 6.45) is 7.26. The second kappa shape index (κ2) is 7.77. The van der Waals surface area contributed by atoms with Gasteiger partial charge in [-0.2, -0.15) is 0 Å².